The first-order chi connectivity index (χ1) is 15.5. The average molecular weight is 487 g/mol. The molecule has 1 unspecified atom stereocenters. The lowest BCUT2D eigenvalue weighted by molar-refractivity contribution is 0.837. The van der Waals surface area contributed by atoms with Crippen molar-refractivity contribution in [3.05, 3.63) is 117 Å². The Balaban J connectivity index is 2.20. The van der Waals surface area contributed by atoms with E-state index in [0.29, 0.717) is 5.71 Å². The van der Waals surface area contributed by atoms with Gasteiger partial charge in [0, 0.05) is 38.5 Å². The lowest BCUT2D eigenvalue weighted by atomic mass is 9.83. The number of halogens is 1. The fourth-order valence-corrected chi connectivity index (χ4v) is 4.36. The molecular weight excluding hydrogens is 456 g/mol. The molecule has 0 aliphatic heterocycles. The molecule has 0 radical (unpaired) electrons. The third kappa shape index (κ3) is 5.34. The highest BCUT2D eigenvalue weighted by atomic mass is 79.9. The molecule has 0 spiro atoms. The standard InChI is InChI=1S/C29H31BrN2/c1-5-20(3)21(4)32-29(22-14-8-7-9-15-22)25-17-11-10-16-24(25)23(6-2)28(31)26-18-12-13-19-27(26)30/h7-19,23,31H,5-6H2,1-4H3/b21-20-,31-28?,32-29?. The van der Waals surface area contributed by atoms with E-state index in [4.69, 9.17) is 10.4 Å². The van der Waals surface area contributed by atoms with E-state index >= 15 is 0 Å². The number of hydrogen-bond acceptors (Lipinski definition) is 2. The van der Waals surface area contributed by atoms with Gasteiger partial charge in [0.15, 0.2) is 0 Å². The Bertz CT molecular complexity index is 1140. The molecule has 0 aliphatic rings. The van der Waals surface area contributed by atoms with Gasteiger partial charge in [-0.1, -0.05) is 108 Å². The van der Waals surface area contributed by atoms with Crippen molar-refractivity contribution in [1.82, 2.24) is 0 Å². The van der Waals surface area contributed by atoms with E-state index in [1.807, 2.05) is 30.3 Å². The number of nitrogens with one attached hydrogen (secondary N) is 1. The van der Waals surface area contributed by atoms with E-state index < -0.39 is 0 Å². The van der Waals surface area contributed by atoms with Gasteiger partial charge in [0.1, 0.15) is 0 Å². The van der Waals surface area contributed by atoms with Crippen LogP contribution in [0.25, 0.3) is 0 Å². The largest absolute Gasteiger partial charge is 0.304 e. The van der Waals surface area contributed by atoms with Gasteiger partial charge in [-0.2, -0.15) is 0 Å². The number of allylic oxidation sites excluding steroid dienone is 2. The minimum atomic E-state index is -0.0321. The van der Waals surface area contributed by atoms with Gasteiger partial charge in [-0.15, -0.1) is 0 Å². The molecule has 32 heavy (non-hydrogen) atoms. The average Bonchev–Trinajstić information content (AvgIpc) is 2.83. The van der Waals surface area contributed by atoms with Crippen molar-refractivity contribution in [2.45, 2.75) is 46.5 Å². The second-order valence-electron chi connectivity index (χ2n) is 7.99. The predicted molar refractivity (Wildman–Crippen MR) is 141 cm³/mol. The normalized spacial score (nSPS) is 13.5. The summed E-state index contributed by atoms with van der Waals surface area (Å²) in [5.74, 6) is -0.0321. The highest BCUT2D eigenvalue weighted by Gasteiger charge is 2.23. The van der Waals surface area contributed by atoms with Crippen molar-refractivity contribution < 1.29 is 0 Å². The zero-order chi connectivity index (χ0) is 23.1. The molecule has 0 aliphatic carbocycles. The molecule has 1 N–H and O–H groups in total. The first-order valence-corrected chi connectivity index (χ1v) is 12.0. The van der Waals surface area contributed by atoms with Crippen LogP contribution in [-0.4, -0.2) is 11.4 Å². The van der Waals surface area contributed by atoms with E-state index in [0.717, 1.165) is 51.0 Å². The molecule has 3 aromatic carbocycles. The number of benzene rings is 3. The summed E-state index contributed by atoms with van der Waals surface area (Å²) in [5.41, 5.74) is 8.17. The fourth-order valence-electron chi connectivity index (χ4n) is 3.86. The van der Waals surface area contributed by atoms with Gasteiger partial charge in [0.2, 0.25) is 0 Å². The van der Waals surface area contributed by atoms with Gasteiger partial charge in [-0.05, 0) is 38.3 Å². The van der Waals surface area contributed by atoms with Crippen molar-refractivity contribution in [3.8, 4) is 0 Å². The van der Waals surface area contributed by atoms with Crippen LogP contribution in [0.15, 0.2) is 99.6 Å². The van der Waals surface area contributed by atoms with Crippen LogP contribution in [0.5, 0.6) is 0 Å². The molecular formula is C29H31BrN2. The predicted octanol–water partition coefficient (Wildman–Crippen LogP) is 8.55. The summed E-state index contributed by atoms with van der Waals surface area (Å²) in [7, 11) is 0. The summed E-state index contributed by atoms with van der Waals surface area (Å²) in [6.45, 7) is 8.55. The molecule has 0 saturated heterocycles. The maximum absolute atomic E-state index is 9.07. The first kappa shape index (κ1) is 23.9. The van der Waals surface area contributed by atoms with Crippen LogP contribution in [0, 0.1) is 5.41 Å². The van der Waals surface area contributed by atoms with E-state index in [9.17, 15) is 0 Å². The van der Waals surface area contributed by atoms with Crippen LogP contribution in [-0.2, 0) is 0 Å². The number of aliphatic imine (C=N–C) groups is 1. The Morgan fingerprint density at radius 3 is 2.06 bits per heavy atom. The topological polar surface area (TPSA) is 36.2 Å². The Labute approximate surface area is 200 Å². The molecule has 0 bridgehead atoms. The third-order valence-electron chi connectivity index (χ3n) is 5.99. The molecule has 3 rings (SSSR count). The summed E-state index contributed by atoms with van der Waals surface area (Å²) in [6.07, 6.45) is 1.81. The van der Waals surface area contributed by atoms with Crippen LogP contribution in [0.1, 0.15) is 68.7 Å². The van der Waals surface area contributed by atoms with Crippen LogP contribution in [0.3, 0.4) is 0 Å². The number of hydrogen-bond donors (Lipinski definition) is 1. The number of rotatable bonds is 8. The minimum absolute atomic E-state index is 0.0321. The Hall–Kier alpha value is -2.78. The van der Waals surface area contributed by atoms with Crippen molar-refractivity contribution in [2.24, 2.45) is 4.99 Å². The zero-order valence-corrected chi connectivity index (χ0v) is 20.9. The van der Waals surface area contributed by atoms with Crippen molar-refractivity contribution in [3.63, 3.8) is 0 Å². The summed E-state index contributed by atoms with van der Waals surface area (Å²) >= 11 is 3.64. The monoisotopic (exact) mass is 486 g/mol. The van der Waals surface area contributed by atoms with Gasteiger partial charge >= 0.3 is 0 Å². The quantitative estimate of drug-likeness (QED) is 0.309. The molecule has 0 aromatic heterocycles. The smallest absolute Gasteiger partial charge is 0.0780 e. The van der Waals surface area contributed by atoms with E-state index in [1.54, 1.807) is 0 Å². The lowest BCUT2D eigenvalue weighted by Gasteiger charge is -2.22. The minimum Gasteiger partial charge on any atom is -0.304 e. The maximum Gasteiger partial charge on any atom is 0.0780 e. The molecule has 0 heterocycles. The Morgan fingerprint density at radius 2 is 1.44 bits per heavy atom. The molecule has 164 valence electrons. The molecule has 0 amide bonds. The number of nitrogens with zero attached hydrogens (tertiary/aromatic N) is 1. The second kappa shape index (κ2) is 11.2. The van der Waals surface area contributed by atoms with Gasteiger partial charge in [-0.25, -0.2) is 0 Å². The van der Waals surface area contributed by atoms with Crippen molar-refractivity contribution >= 4 is 27.4 Å². The second-order valence-corrected chi connectivity index (χ2v) is 8.84. The molecule has 3 heteroatoms. The van der Waals surface area contributed by atoms with Gasteiger partial charge < -0.3 is 5.41 Å². The van der Waals surface area contributed by atoms with Crippen LogP contribution in [0.4, 0.5) is 0 Å². The first-order valence-electron chi connectivity index (χ1n) is 11.2. The van der Waals surface area contributed by atoms with E-state index in [1.165, 1.54) is 5.57 Å². The van der Waals surface area contributed by atoms with Crippen molar-refractivity contribution in [1.29, 1.82) is 5.41 Å². The maximum atomic E-state index is 9.07. The van der Waals surface area contributed by atoms with Crippen LogP contribution in [0.2, 0.25) is 0 Å². The van der Waals surface area contributed by atoms with Gasteiger partial charge in [0.05, 0.1) is 5.71 Å². The zero-order valence-electron chi connectivity index (χ0n) is 19.3. The molecule has 3 aromatic rings. The van der Waals surface area contributed by atoms with Crippen LogP contribution < -0.4 is 0 Å². The van der Waals surface area contributed by atoms with Gasteiger partial charge in [-0.3, -0.25) is 4.99 Å². The molecule has 0 saturated carbocycles. The SMILES string of the molecule is CC/C(C)=C(/C)N=C(c1ccccc1)c1ccccc1C(CC)C(=N)c1ccccc1Br. The van der Waals surface area contributed by atoms with E-state index in [-0.39, 0.29) is 5.92 Å². The van der Waals surface area contributed by atoms with Crippen LogP contribution >= 0.6 is 15.9 Å². The molecule has 0 fully saturated rings. The fraction of sp³-hybridized carbons (Fsp3) is 0.241. The molecule has 1 atom stereocenters. The summed E-state index contributed by atoms with van der Waals surface area (Å²) in [4.78, 5) is 5.13. The van der Waals surface area contributed by atoms with Gasteiger partial charge in [0.25, 0.3) is 0 Å². The molecule has 2 nitrogen and oxygen atoms in total. The Morgan fingerprint density at radius 1 is 0.844 bits per heavy atom. The lowest BCUT2D eigenvalue weighted by Crippen LogP contribution is -2.17. The summed E-state index contributed by atoms with van der Waals surface area (Å²) in [5, 5.41) is 9.07. The summed E-state index contributed by atoms with van der Waals surface area (Å²) < 4.78 is 0.954. The summed E-state index contributed by atoms with van der Waals surface area (Å²) in [6, 6.07) is 26.8. The Kier molecular flexibility index (Phi) is 8.35. The van der Waals surface area contributed by atoms with Crippen molar-refractivity contribution in [2.75, 3.05) is 0 Å². The highest BCUT2D eigenvalue weighted by Crippen LogP contribution is 2.31. The highest BCUT2D eigenvalue weighted by molar-refractivity contribution is 9.10. The van der Waals surface area contributed by atoms with E-state index in [2.05, 4.69) is 92.2 Å². The third-order valence-corrected chi connectivity index (χ3v) is 6.68.